The summed E-state index contributed by atoms with van der Waals surface area (Å²) in [5.41, 5.74) is 4.54. The fourth-order valence-electron chi connectivity index (χ4n) is 2.47. The van der Waals surface area contributed by atoms with Gasteiger partial charge in [-0.05, 0) is 44.0 Å². The van der Waals surface area contributed by atoms with Crippen molar-refractivity contribution >= 4 is 35.0 Å². The third-order valence-corrected chi connectivity index (χ3v) is 4.80. The summed E-state index contributed by atoms with van der Waals surface area (Å²) >= 11 is 7.32. The van der Waals surface area contributed by atoms with Crippen molar-refractivity contribution in [3.8, 4) is 0 Å². The zero-order valence-corrected chi connectivity index (χ0v) is 14.9. The highest BCUT2D eigenvalue weighted by Gasteiger charge is 2.11. The quantitative estimate of drug-likeness (QED) is 0.794. The molecule has 2 rings (SSSR count). The van der Waals surface area contributed by atoms with Gasteiger partial charge in [-0.1, -0.05) is 35.4 Å². The van der Waals surface area contributed by atoms with Crippen LogP contribution in [-0.4, -0.2) is 11.7 Å². The molecule has 0 bridgehead atoms. The Kier molecular flexibility index (Phi) is 6.08. The molecule has 0 saturated carbocycles. The van der Waals surface area contributed by atoms with Crippen LogP contribution in [0.5, 0.6) is 0 Å². The molecular weight excluding hydrogens is 333 g/mol. The number of benzene rings is 2. The van der Waals surface area contributed by atoms with Gasteiger partial charge in [0.05, 0.1) is 5.75 Å². The maximum atomic E-state index is 13.7. The summed E-state index contributed by atoms with van der Waals surface area (Å²) in [5, 5.41) is 3.33. The first-order valence-corrected chi connectivity index (χ1v) is 8.80. The largest absolute Gasteiger partial charge is 0.325 e. The smallest absolute Gasteiger partial charge is 0.234 e. The standard InChI is InChI=1S/C18H19ClFNOS/c1-11-7-12(2)18(13(3)8-11)21-17(22)10-23-9-14-15(19)5-4-6-16(14)20/h4-8H,9-10H2,1-3H3,(H,21,22). The van der Waals surface area contributed by atoms with E-state index in [-0.39, 0.29) is 17.5 Å². The van der Waals surface area contributed by atoms with E-state index in [0.717, 1.165) is 16.8 Å². The maximum absolute atomic E-state index is 13.7. The molecule has 0 unspecified atom stereocenters. The Labute approximate surface area is 145 Å². The normalized spacial score (nSPS) is 10.7. The summed E-state index contributed by atoms with van der Waals surface area (Å²) in [4.78, 5) is 12.1. The van der Waals surface area contributed by atoms with Crippen molar-refractivity contribution < 1.29 is 9.18 Å². The number of carbonyl (C=O) groups is 1. The molecule has 1 N–H and O–H groups in total. The Bertz CT molecular complexity index is 690. The van der Waals surface area contributed by atoms with Crippen LogP contribution in [0.2, 0.25) is 5.02 Å². The molecule has 0 aliphatic rings. The van der Waals surface area contributed by atoms with Crippen molar-refractivity contribution in [2.75, 3.05) is 11.1 Å². The fourth-order valence-corrected chi connectivity index (χ4v) is 3.63. The molecule has 0 aromatic heterocycles. The Morgan fingerprint density at radius 1 is 1.22 bits per heavy atom. The van der Waals surface area contributed by atoms with Crippen LogP contribution < -0.4 is 5.32 Å². The van der Waals surface area contributed by atoms with Gasteiger partial charge in [0, 0.05) is 22.0 Å². The van der Waals surface area contributed by atoms with E-state index < -0.39 is 0 Å². The van der Waals surface area contributed by atoms with Crippen LogP contribution in [0, 0.1) is 26.6 Å². The Morgan fingerprint density at radius 2 is 1.87 bits per heavy atom. The molecule has 0 fully saturated rings. The number of hydrogen-bond acceptors (Lipinski definition) is 2. The Hall–Kier alpha value is -1.52. The van der Waals surface area contributed by atoms with E-state index in [9.17, 15) is 9.18 Å². The highest BCUT2D eigenvalue weighted by atomic mass is 35.5. The van der Waals surface area contributed by atoms with Gasteiger partial charge in [0.2, 0.25) is 5.91 Å². The van der Waals surface area contributed by atoms with Gasteiger partial charge >= 0.3 is 0 Å². The molecule has 23 heavy (non-hydrogen) atoms. The molecule has 0 spiro atoms. The van der Waals surface area contributed by atoms with Gasteiger partial charge in [-0.3, -0.25) is 4.79 Å². The van der Waals surface area contributed by atoms with Crippen LogP contribution in [0.25, 0.3) is 0 Å². The lowest BCUT2D eigenvalue weighted by Gasteiger charge is -2.13. The number of amides is 1. The number of nitrogens with one attached hydrogen (secondary N) is 1. The lowest BCUT2D eigenvalue weighted by Crippen LogP contribution is -2.16. The SMILES string of the molecule is Cc1cc(C)c(NC(=O)CSCc2c(F)cccc2Cl)c(C)c1. The van der Waals surface area contributed by atoms with Gasteiger partial charge in [-0.2, -0.15) is 0 Å². The van der Waals surface area contributed by atoms with Gasteiger partial charge in [0.15, 0.2) is 0 Å². The topological polar surface area (TPSA) is 29.1 Å². The van der Waals surface area contributed by atoms with Crippen molar-refractivity contribution in [2.45, 2.75) is 26.5 Å². The number of carbonyl (C=O) groups excluding carboxylic acids is 1. The molecule has 0 atom stereocenters. The van der Waals surface area contributed by atoms with Crippen LogP contribution in [0.3, 0.4) is 0 Å². The number of halogens is 2. The van der Waals surface area contributed by atoms with E-state index in [4.69, 9.17) is 11.6 Å². The van der Waals surface area contributed by atoms with E-state index in [0.29, 0.717) is 16.3 Å². The number of aryl methyl sites for hydroxylation is 3. The van der Waals surface area contributed by atoms with E-state index in [1.165, 1.54) is 23.4 Å². The molecule has 2 aromatic carbocycles. The molecule has 5 heteroatoms. The number of anilines is 1. The van der Waals surface area contributed by atoms with Crippen LogP contribution in [0.4, 0.5) is 10.1 Å². The molecule has 122 valence electrons. The van der Waals surface area contributed by atoms with E-state index in [2.05, 4.69) is 5.32 Å². The van der Waals surface area contributed by atoms with Gasteiger partial charge in [0.25, 0.3) is 0 Å². The summed E-state index contributed by atoms with van der Waals surface area (Å²) in [6.45, 7) is 5.98. The first kappa shape index (κ1) is 17.8. The van der Waals surface area contributed by atoms with Crippen LogP contribution in [-0.2, 0) is 10.5 Å². The number of hydrogen-bond donors (Lipinski definition) is 1. The third-order valence-electron chi connectivity index (χ3n) is 3.48. The molecule has 1 amide bonds. The Balaban J connectivity index is 1.94. The lowest BCUT2D eigenvalue weighted by molar-refractivity contribution is -0.113. The molecular formula is C18H19ClFNOS. The minimum Gasteiger partial charge on any atom is -0.325 e. The summed E-state index contributed by atoms with van der Waals surface area (Å²) < 4.78 is 13.7. The number of thioether (sulfide) groups is 1. The zero-order valence-electron chi connectivity index (χ0n) is 13.4. The summed E-state index contributed by atoms with van der Waals surface area (Å²) in [6, 6.07) is 8.67. The minimum atomic E-state index is -0.337. The van der Waals surface area contributed by atoms with Gasteiger partial charge < -0.3 is 5.32 Å². The lowest BCUT2D eigenvalue weighted by atomic mass is 10.1. The second-order valence-corrected chi connectivity index (χ2v) is 6.91. The van der Waals surface area contributed by atoms with Crippen molar-refractivity contribution in [3.05, 3.63) is 63.4 Å². The van der Waals surface area contributed by atoms with Crippen LogP contribution >= 0.6 is 23.4 Å². The molecule has 0 saturated heterocycles. The van der Waals surface area contributed by atoms with Crippen LogP contribution in [0.15, 0.2) is 30.3 Å². The average Bonchev–Trinajstić information content (AvgIpc) is 2.46. The van der Waals surface area contributed by atoms with E-state index in [1.54, 1.807) is 12.1 Å². The zero-order chi connectivity index (χ0) is 17.0. The van der Waals surface area contributed by atoms with E-state index in [1.807, 2.05) is 32.9 Å². The fraction of sp³-hybridized carbons (Fsp3) is 0.278. The maximum Gasteiger partial charge on any atom is 0.234 e. The highest BCUT2D eigenvalue weighted by Crippen LogP contribution is 2.25. The summed E-state index contributed by atoms with van der Waals surface area (Å²) in [5.74, 6) is 0.176. The summed E-state index contributed by atoms with van der Waals surface area (Å²) in [7, 11) is 0. The van der Waals surface area contributed by atoms with Crippen molar-refractivity contribution in [2.24, 2.45) is 0 Å². The predicted molar refractivity (Wildman–Crippen MR) is 96.9 cm³/mol. The monoisotopic (exact) mass is 351 g/mol. The predicted octanol–water partition coefficient (Wildman–Crippen LogP) is 5.28. The molecule has 2 nitrogen and oxygen atoms in total. The second kappa shape index (κ2) is 7.84. The second-order valence-electron chi connectivity index (χ2n) is 5.51. The van der Waals surface area contributed by atoms with Crippen molar-refractivity contribution in [1.29, 1.82) is 0 Å². The van der Waals surface area contributed by atoms with Crippen LogP contribution in [0.1, 0.15) is 22.3 Å². The first-order chi connectivity index (χ1) is 10.9. The first-order valence-electron chi connectivity index (χ1n) is 7.27. The van der Waals surface area contributed by atoms with E-state index >= 15 is 0 Å². The molecule has 0 aliphatic carbocycles. The van der Waals surface area contributed by atoms with Crippen molar-refractivity contribution in [1.82, 2.24) is 0 Å². The highest BCUT2D eigenvalue weighted by molar-refractivity contribution is 7.99. The molecule has 2 aromatic rings. The minimum absolute atomic E-state index is 0.0995. The molecule has 0 aliphatic heterocycles. The van der Waals surface area contributed by atoms with Gasteiger partial charge in [0.1, 0.15) is 5.82 Å². The Morgan fingerprint density at radius 3 is 2.48 bits per heavy atom. The average molecular weight is 352 g/mol. The van der Waals surface area contributed by atoms with Gasteiger partial charge in [-0.15, -0.1) is 11.8 Å². The molecule has 0 radical (unpaired) electrons. The third kappa shape index (κ3) is 4.72. The summed E-state index contributed by atoms with van der Waals surface area (Å²) in [6.07, 6.45) is 0. The molecule has 0 heterocycles. The number of rotatable bonds is 5. The van der Waals surface area contributed by atoms with Crippen molar-refractivity contribution in [3.63, 3.8) is 0 Å². The van der Waals surface area contributed by atoms with Gasteiger partial charge in [-0.25, -0.2) is 4.39 Å².